The number of likely N-dealkylation sites (N-methyl/N-ethyl adjacent to an activating group) is 1. The number of phenols is 1. The molecule has 2 unspecified atom stereocenters. The minimum atomic E-state index is -0.250. The van der Waals surface area contributed by atoms with Gasteiger partial charge in [0, 0.05) is 43.9 Å². The molecule has 1 N–H and O–H groups in total. The Hall–Kier alpha value is -1.34. The van der Waals surface area contributed by atoms with Crippen molar-refractivity contribution in [1.29, 1.82) is 0 Å². The second-order valence-corrected chi connectivity index (χ2v) is 10.9. The van der Waals surface area contributed by atoms with Gasteiger partial charge in [-0.05, 0) is 62.6 Å². The van der Waals surface area contributed by atoms with Crippen molar-refractivity contribution in [1.82, 2.24) is 9.80 Å². The van der Waals surface area contributed by atoms with Gasteiger partial charge in [-0.2, -0.15) is 0 Å². The van der Waals surface area contributed by atoms with Crippen LogP contribution in [0.25, 0.3) is 0 Å². The van der Waals surface area contributed by atoms with Gasteiger partial charge in [-0.1, -0.05) is 19.9 Å². The minimum absolute atomic E-state index is 0.0261. The van der Waals surface area contributed by atoms with E-state index in [0.29, 0.717) is 12.1 Å². The van der Waals surface area contributed by atoms with Gasteiger partial charge in [-0.3, -0.25) is 9.80 Å². The summed E-state index contributed by atoms with van der Waals surface area (Å²) in [7, 11) is 0. The predicted molar refractivity (Wildman–Crippen MR) is 127 cm³/mol. The van der Waals surface area contributed by atoms with E-state index in [1.807, 2.05) is 6.07 Å². The van der Waals surface area contributed by atoms with Gasteiger partial charge >= 0.3 is 0 Å². The zero-order valence-electron chi connectivity index (χ0n) is 20.3. The van der Waals surface area contributed by atoms with Crippen molar-refractivity contribution < 1.29 is 19.3 Å². The number of aromatic hydroxyl groups is 1. The van der Waals surface area contributed by atoms with Gasteiger partial charge in [0.2, 0.25) is 0 Å². The van der Waals surface area contributed by atoms with E-state index < -0.39 is 0 Å². The van der Waals surface area contributed by atoms with Crippen LogP contribution in [0.1, 0.15) is 63.0 Å². The van der Waals surface area contributed by atoms with Gasteiger partial charge in [-0.15, -0.1) is 0 Å². The minimum Gasteiger partial charge on any atom is -0.504 e. The lowest BCUT2D eigenvalue weighted by Crippen LogP contribution is -2.68. The number of nitrogens with zero attached hydrogens (tertiary/aromatic N) is 2. The lowest BCUT2D eigenvalue weighted by atomic mass is 9.60. The van der Waals surface area contributed by atoms with Crippen LogP contribution < -0.4 is 4.74 Å². The molecule has 2 heterocycles. The summed E-state index contributed by atoms with van der Waals surface area (Å²) in [6.45, 7) is 11.1. The highest BCUT2D eigenvalue weighted by Crippen LogP contribution is 2.61. The third kappa shape index (κ3) is 3.60. The van der Waals surface area contributed by atoms with Crippen LogP contribution in [-0.4, -0.2) is 84.7 Å². The van der Waals surface area contributed by atoms with E-state index in [-0.39, 0.29) is 23.4 Å². The topological polar surface area (TPSA) is 54.4 Å². The maximum atomic E-state index is 10.8. The Morgan fingerprint density at radius 3 is 2.73 bits per heavy atom. The van der Waals surface area contributed by atoms with Crippen molar-refractivity contribution in [3.8, 4) is 11.5 Å². The van der Waals surface area contributed by atoms with Crippen LogP contribution in [0.4, 0.5) is 0 Å². The summed E-state index contributed by atoms with van der Waals surface area (Å²) in [6.07, 6.45) is 6.91. The first kappa shape index (κ1) is 22.1. The molecule has 33 heavy (non-hydrogen) atoms. The number of hydrogen-bond donors (Lipinski definition) is 1. The molecule has 6 heteroatoms. The van der Waals surface area contributed by atoms with Crippen LogP contribution in [-0.2, 0) is 15.9 Å². The number of ether oxygens (including phenoxy) is 3. The van der Waals surface area contributed by atoms with E-state index in [9.17, 15) is 5.11 Å². The van der Waals surface area contributed by atoms with Crippen molar-refractivity contribution in [2.75, 3.05) is 46.0 Å². The zero-order valence-corrected chi connectivity index (χ0v) is 20.3. The normalized spacial score (nSPS) is 35.5. The van der Waals surface area contributed by atoms with Gasteiger partial charge in [-0.25, -0.2) is 0 Å². The Kier molecular flexibility index (Phi) is 5.84. The van der Waals surface area contributed by atoms with Crippen molar-refractivity contribution in [2.24, 2.45) is 5.92 Å². The molecule has 0 radical (unpaired) electrons. The van der Waals surface area contributed by atoms with Crippen LogP contribution in [0.3, 0.4) is 0 Å². The molecular weight excluding hydrogens is 416 g/mol. The SMILES string of the molecule is CCCO[C@@]12CCC(N3CCOCC3)[C@@H]3Oc4c(O)ccc(c4C31)C[C@H]2N(CC)CC1CC1. The molecule has 0 bridgehead atoms. The van der Waals surface area contributed by atoms with Gasteiger partial charge in [0.15, 0.2) is 11.5 Å². The quantitative estimate of drug-likeness (QED) is 0.646. The first-order valence-electron chi connectivity index (χ1n) is 13.4. The van der Waals surface area contributed by atoms with Gasteiger partial charge in [0.1, 0.15) is 6.10 Å². The lowest BCUT2D eigenvalue weighted by molar-refractivity contribution is -0.170. The van der Waals surface area contributed by atoms with Gasteiger partial charge in [0.25, 0.3) is 0 Å². The number of rotatable bonds is 8. The number of hydrogen-bond acceptors (Lipinski definition) is 6. The van der Waals surface area contributed by atoms with Crippen LogP contribution in [0.15, 0.2) is 12.1 Å². The van der Waals surface area contributed by atoms with Crippen molar-refractivity contribution in [3.63, 3.8) is 0 Å². The molecule has 5 aliphatic rings. The molecule has 0 aromatic heterocycles. The fourth-order valence-electron chi connectivity index (χ4n) is 7.31. The van der Waals surface area contributed by atoms with E-state index in [1.54, 1.807) is 0 Å². The van der Waals surface area contributed by atoms with Crippen LogP contribution in [0.5, 0.6) is 11.5 Å². The highest BCUT2D eigenvalue weighted by molar-refractivity contribution is 5.59. The summed E-state index contributed by atoms with van der Waals surface area (Å²) in [6, 6.07) is 4.71. The molecule has 1 aromatic carbocycles. The molecule has 3 fully saturated rings. The molecule has 182 valence electrons. The fourth-order valence-corrected chi connectivity index (χ4v) is 7.31. The highest BCUT2D eigenvalue weighted by atomic mass is 16.5. The van der Waals surface area contributed by atoms with E-state index in [0.717, 1.165) is 76.8 Å². The van der Waals surface area contributed by atoms with Crippen LogP contribution in [0, 0.1) is 5.92 Å². The van der Waals surface area contributed by atoms with Gasteiger partial charge < -0.3 is 19.3 Å². The summed E-state index contributed by atoms with van der Waals surface area (Å²) in [4.78, 5) is 5.30. The van der Waals surface area contributed by atoms with Crippen molar-refractivity contribution in [3.05, 3.63) is 23.3 Å². The number of morpholine rings is 1. The Labute approximate surface area is 198 Å². The van der Waals surface area contributed by atoms with Gasteiger partial charge in [0.05, 0.1) is 24.7 Å². The summed E-state index contributed by atoms with van der Waals surface area (Å²) in [5.41, 5.74) is 2.35. The first-order chi connectivity index (χ1) is 16.2. The molecular formula is C27H40N2O4. The zero-order chi connectivity index (χ0) is 22.6. The summed E-state index contributed by atoms with van der Waals surface area (Å²) in [5, 5.41) is 10.8. The largest absolute Gasteiger partial charge is 0.504 e. The first-order valence-corrected chi connectivity index (χ1v) is 13.4. The standard InChI is InChI=1S/C27H40N2O4/c1-3-13-32-27-10-9-20(29-11-14-31-15-12-29)25-24(27)23-19(7-8-21(30)26(23)33-25)16-22(27)28(4-2)17-18-5-6-18/h7-8,18,20,22,24-25,30H,3-6,9-17H2,1-2H3/t20?,22-,24?,25+,27-/m1/s1. The monoisotopic (exact) mass is 456 g/mol. The van der Waals surface area contributed by atoms with Crippen molar-refractivity contribution in [2.45, 2.75) is 82.1 Å². The van der Waals surface area contributed by atoms with Crippen molar-refractivity contribution >= 4 is 0 Å². The summed E-state index contributed by atoms with van der Waals surface area (Å²) < 4.78 is 19.4. The third-order valence-electron chi connectivity index (χ3n) is 9.00. The molecule has 5 atom stereocenters. The van der Waals surface area contributed by atoms with E-state index in [2.05, 4.69) is 29.7 Å². The maximum absolute atomic E-state index is 10.8. The number of benzene rings is 1. The summed E-state index contributed by atoms with van der Waals surface area (Å²) in [5.74, 6) is 2.05. The lowest BCUT2D eigenvalue weighted by Gasteiger charge is -2.57. The fraction of sp³-hybridized carbons (Fsp3) is 0.778. The highest BCUT2D eigenvalue weighted by Gasteiger charge is 2.64. The van der Waals surface area contributed by atoms with E-state index in [4.69, 9.17) is 14.2 Å². The van der Waals surface area contributed by atoms with E-state index >= 15 is 0 Å². The maximum Gasteiger partial charge on any atom is 0.165 e. The average molecular weight is 457 g/mol. The Morgan fingerprint density at radius 1 is 1.18 bits per heavy atom. The Bertz CT molecular complexity index is 868. The summed E-state index contributed by atoms with van der Waals surface area (Å²) >= 11 is 0. The molecule has 2 saturated carbocycles. The van der Waals surface area contributed by atoms with Crippen LogP contribution in [0.2, 0.25) is 0 Å². The second-order valence-electron chi connectivity index (χ2n) is 10.9. The molecule has 1 saturated heterocycles. The predicted octanol–water partition coefficient (Wildman–Crippen LogP) is 3.55. The molecule has 0 amide bonds. The molecule has 6 rings (SSSR count). The second kappa shape index (κ2) is 8.71. The molecule has 1 aromatic rings. The molecule has 2 aliphatic heterocycles. The Balaban J connectivity index is 1.44. The van der Waals surface area contributed by atoms with Crippen LogP contribution >= 0.6 is 0 Å². The molecule has 3 aliphatic carbocycles. The molecule has 6 nitrogen and oxygen atoms in total. The Morgan fingerprint density at radius 2 is 2.00 bits per heavy atom. The molecule has 0 spiro atoms. The number of phenolic OH excluding ortho intramolecular Hbond substituents is 1. The third-order valence-corrected chi connectivity index (χ3v) is 9.00. The smallest absolute Gasteiger partial charge is 0.165 e. The van der Waals surface area contributed by atoms with E-state index in [1.165, 1.54) is 30.5 Å². The average Bonchev–Trinajstić information content (AvgIpc) is 3.58.